The van der Waals surface area contributed by atoms with Gasteiger partial charge in [-0.1, -0.05) is 6.42 Å². The Hall–Kier alpha value is -0.830. The summed E-state index contributed by atoms with van der Waals surface area (Å²) in [6.07, 6.45) is 7.47. The van der Waals surface area contributed by atoms with Crippen molar-refractivity contribution in [2.24, 2.45) is 5.73 Å². The zero-order chi connectivity index (χ0) is 8.81. The number of aromatic nitrogens is 2. The Morgan fingerprint density at radius 1 is 1.42 bits per heavy atom. The van der Waals surface area contributed by atoms with E-state index in [4.69, 9.17) is 5.73 Å². The molecular formula is C9H17N3. The summed E-state index contributed by atoms with van der Waals surface area (Å²) in [6, 6.07) is 0. The van der Waals surface area contributed by atoms with Crippen LogP contribution in [-0.2, 0) is 6.54 Å². The van der Waals surface area contributed by atoms with E-state index in [9.17, 15) is 0 Å². The van der Waals surface area contributed by atoms with Crippen LogP contribution in [0.2, 0.25) is 0 Å². The van der Waals surface area contributed by atoms with Crippen LogP contribution in [0.3, 0.4) is 0 Å². The van der Waals surface area contributed by atoms with Gasteiger partial charge in [-0.25, -0.2) is 0 Å². The summed E-state index contributed by atoms with van der Waals surface area (Å²) in [5, 5.41) is 4.20. The van der Waals surface area contributed by atoms with Gasteiger partial charge in [-0.15, -0.1) is 0 Å². The fraction of sp³-hybridized carbons (Fsp3) is 0.667. The number of rotatable bonds is 5. The molecule has 0 atom stereocenters. The van der Waals surface area contributed by atoms with Gasteiger partial charge in [0.2, 0.25) is 0 Å². The van der Waals surface area contributed by atoms with Gasteiger partial charge >= 0.3 is 0 Å². The summed E-state index contributed by atoms with van der Waals surface area (Å²) in [5.41, 5.74) is 6.62. The fourth-order valence-electron chi connectivity index (χ4n) is 1.18. The molecule has 0 aliphatic heterocycles. The number of hydrogen-bond donors (Lipinski definition) is 1. The van der Waals surface area contributed by atoms with Gasteiger partial charge in [-0.2, -0.15) is 5.10 Å². The Morgan fingerprint density at radius 2 is 2.25 bits per heavy atom. The lowest BCUT2D eigenvalue weighted by Gasteiger charge is -1.99. The third kappa shape index (κ3) is 3.05. The highest BCUT2D eigenvalue weighted by atomic mass is 15.3. The van der Waals surface area contributed by atoms with Gasteiger partial charge in [0.1, 0.15) is 0 Å². The number of aryl methyl sites for hydroxylation is 2. The van der Waals surface area contributed by atoms with Gasteiger partial charge in [-0.05, 0) is 31.9 Å². The third-order valence-electron chi connectivity index (χ3n) is 1.85. The maximum Gasteiger partial charge on any atom is 0.0518 e. The van der Waals surface area contributed by atoms with E-state index in [2.05, 4.69) is 18.2 Å². The van der Waals surface area contributed by atoms with Crippen LogP contribution in [0.25, 0.3) is 0 Å². The minimum Gasteiger partial charge on any atom is -0.330 e. The molecule has 2 N–H and O–H groups in total. The SMILES string of the molecule is Cc1cnn(CCCCCN)c1. The Labute approximate surface area is 73.6 Å². The topological polar surface area (TPSA) is 43.8 Å². The van der Waals surface area contributed by atoms with Crippen LogP contribution in [0.4, 0.5) is 0 Å². The molecule has 0 saturated heterocycles. The average Bonchev–Trinajstić information content (AvgIpc) is 2.45. The van der Waals surface area contributed by atoms with Crippen LogP contribution in [0.15, 0.2) is 12.4 Å². The number of hydrogen-bond acceptors (Lipinski definition) is 2. The first-order valence-corrected chi connectivity index (χ1v) is 4.52. The van der Waals surface area contributed by atoms with Crippen LogP contribution >= 0.6 is 0 Å². The van der Waals surface area contributed by atoms with Crippen LogP contribution in [-0.4, -0.2) is 16.3 Å². The smallest absolute Gasteiger partial charge is 0.0518 e. The summed E-state index contributed by atoms with van der Waals surface area (Å²) in [6.45, 7) is 3.88. The molecule has 0 saturated carbocycles. The standard InChI is InChI=1S/C9H17N3/c1-9-7-11-12(8-9)6-4-2-3-5-10/h7-8H,2-6,10H2,1H3. The fourth-order valence-corrected chi connectivity index (χ4v) is 1.18. The van der Waals surface area contributed by atoms with Crippen molar-refractivity contribution in [3.05, 3.63) is 18.0 Å². The van der Waals surface area contributed by atoms with Gasteiger partial charge in [0.15, 0.2) is 0 Å². The third-order valence-corrected chi connectivity index (χ3v) is 1.85. The molecule has 0 aliphatic carbocycles. The second-order valence-electron chi connectivity index (χ2n) is 3.13. The van der Waals surface area contributed by atoms with E-state index in [0.717, 1.165) is 19.5 Å². The Kier molecular flexibility index (Phi) is 3.80. The maximum atomic E-state index is 5.39. The van der Waals surface area contributed by atoms with E-state index in [1.807, 2.05) is 10.9 Å². The lowest BCUT2D eigenvalue weighted by Crippen LogP contribution is -2.01. The van der Waals surface area contributed by atoms with Gasteiger partial charge in [0.25, 0.3) is 0 Å². The molecule has 0 unspecified atom stereocenters. The lowest BCUT2D eigenvalue weighted by molar-refractivity contribution is 0.546. The molecule has 0 aromatic carbocycles. The monoisotopic (exact) mass is 167 g/mol. The summed E-state index contributed by atoms with van der Waals surface area (Å²) in [4.78, 5) is 0. The van der Waals surface area contributed by atoms with Crippen LogP contribution < -0.4 is 5.73 Å². The molecule has 1 rings (SSSR count). The highest BCUT2D eigenvalue weighted by Gasteiger charge is 1.92. The number of nitrogens with two attached hydrogens (primary N) is 1. The summed E-state index contributed by atoms with van der Waals surface area (Å²) < 4.78 is 1.99. The molecule has 68 valence electrons. The molecular weight excluding hydrogens is 150 g/mol. The van der Waals surface area contributed by atoms with Crippen molar-refractivity contribution >= 4 is 0 Å². The second kappa shape index (κ2) is 4.93. The molecule has 0 fully saturated rings. The molecule has 3 heteroatoms. The van der Waals surface area contributed by atoms with Gasteiger partial charge in [0, 0.05) is 12.7 Å². The highest BCUT2D eigenvalue weighted by Crippen LogP contribution is 1.99. The van der Waals surface area contributed by atoms with Crippen molar-refractivity contribution in [2.75, 3.05) is 6.54 Å². The first-order chi connectivity index (χ1) is 5.83. The van der Waals surface area contributed by atoms with Crippen molar-refractivity contribution in [2.45, 2.75) is 32.7 Å². The van der Waals surface area contributed by atoms with E-state index >= 15 is 0 Å². The van der Waals surface area contributed by atoms with Crippen molar-refractivity contribution < 1.29 is 0 Å². The zero-order valence-corrected chi connectivity index (χ0v) is 7.66. The first kappa shape index (κ1) is 9.26. The first-order valence-electron chi connectivity index (χ1n) is 4.52. The predicted octanol–water partition coefficient (Wildman–Crippen LogP) is 1.32. The van der Waals surface area contributed by atoms with Crippen molar-refractivity contribution in [3.63, 3.8) is 0 Å². The van der Waals surface area contributed by atoms with Crippen LogP contribution in [0, 0.1) is 6.92 Å². The van der Waals surface area contributed by atoms with Crippen molar-refractivity contribution in [1.29, 1.82) is 0 Å². The predicted molar refractivity (Wildman–Crippen MR) is 49.9 cm³/mol. The average molecular weight is 167 g/mol. The molecule has 0 amide bonds. The normalized spacial score (nSPS) is 10.5. The Balaban J connectivity index is 2.15. The molecule has 12 heavy (non-hydrogen) atoms. The lowest BCUT2D eigenvalue weighted by atomic mass is 10.2. The van der Waals surface area contributed by atoms with Crippen molar-refractivity contribution in [1.82, 2.24) is 9.78 Å². The Bertz CT molecular complexity index is 217. The highest BCUT2D eigenvalue weighted by molar-refractivity contribution is 4.99. The minimum absolute atomic E-state index is 0.804. The van der Waals surface area contributed by atoms with Crippen LogP contribution in [0.5, 0.6) is 0 Å². The van der Waals surface area contributed by atoms with E-state index in [1.54, 1.807) is 0 Å². The molecule has 0 aliphatic rings. The summed E-state index contributed by atoms with van der Waals surface area (Å²) in [7, 11) is 0. The second-order valence-corrected chi connectivity index (χ2v) is 3.13. The van der Waals surface area contributed by atoms with Gasteiger partial charge < -0.3 is 5.73 Å². The largest absolute Gasteiger partial charge is 0.330 e. The Morgan fingerprint density at radius 3 is 2.83 bits per heavy atom. The molecule has 3 nitrogen and oxygen atoms in total. The van der Waals surface area contributed by atoms with E-state index < -0.39 is 0 Å². The van der Waals surface area contributed by atoms with E-state index in [0.29, 0.717) is 0 Å². The number of nitrogens with zero attached hydrogens (tertiary/aromatic N) is 2. The quantitative estimate of drug-likeness (QED) is 0.672. The van der Waals surface area contributed by atoms with E-state index in [1.165, 1.54) is 18.4 Å². The number of unbranched alkanes of at least 4 members (excludes halogenated alkanes) is 2. The summed E-state index contributed by atoms with van der Waals surface area (Å²) in [5.74, 6) is 0. The molecule has 0 radical (unpaired) electrons. The molecule has 1 aromatic heterocycles. The van der Waals surface area contributed by atoms with Crippen LogP contribution in [0.1, 0.15) is 24.8 Å². The molecule has 1 aromatic rings. The van der Waals surface area contributed by atoms with Crippen molar-refractivity contribution in [3.8, 4) is 0 Å². The van der Waals surface area contributed by atoms with E-state index in [-0.39, 0.29) is 0 Å². The molecule has 1 heterocycles. The summed E-state index contributed by atoms with van der Waals surface area (Å²) >= 11 is 0. The molecule has 0 bridgehead atoms. The maximum absolute atomic E-state index is 5.39. The zero-order valence-electron chi connectivity index (χ0n) is 7.66. The molecule has 0 spiro atoms. The van der Waals surface area contributed by atoms with Gasteiger partial charge in [0.05, 0.1) is 6.20 Å². The minimum atomic E-state index is 0.804. The van der Waals surface area contributed by atoms with Gasteiger partial charge in [-0.3, -0.25) is 4.68 Å².